The maximum absolute atomic E-state index is 12.6. The minimum atomic E-state index is -4.41. The van der Waals surface area contributed by atoms with Gasteiger partial charge in [-0.15, -0.1) is 0 Å². The van der Waals surface area contributed by atoms with E-state index in [4.69, 9.17) is 4.74 Å². The summed E-state index contributed by atoms with van der Waals surface area (Å²) < 4.78 is 45.0. The molecule has 0 fully saturated rings. The predicted octanol–water partition coefficient (Wildman–Crippen LogP) is 4.69. The number of amides is 1. The summed E-state index contributed by atoms with van der Waals surface area (Å²) >= 11 is 1.24. The van der Waals surface area contributed by atoms with Gasteiger partial charge in [-0.05, 0) is 30.3 Å². The van der Waals surface area contributed by atoms with Gasteiger partial charge in [-0.2, -0.15) is 13.2 Å². The van der Waals surface area contributed by atoms with Crippen molar-refractivity contribution in [3.63, 3.8) is 0 Å². The molecular weight excluding hydrogens is 403 g/mol. The van der Waals surface area contributed by atoms with Gasteiger partial charge in [0.1, 0.15) is 5.75 Å². The highest BCUT2D eigenvalue weighted by molar-refractivity contribution is 7.99. The van der Waals surface area contributed by atoms with Gasteiger partial charge in [-0.25, -0.2) is 4.98 Å². The van der Waals surface area contributed by atoms with Crippen molar-refractivity contribution in [3.05, 3.63) is 72.1 Å². The zero-order valence-corrected chi connectivity index (χ0v) is 16.3. The Morgan fingerprint density at radius 3 is 2.59 bits per heavy atom. The second-order valence-corrected chi connectivity index (χ2v) is 7.00. The van der Waals surface area contributed by atoms with Crippen molar-refractivity contribution < 1.29 is 22.7 Å². The molecule has 0 saturated heterocycles. The lowest BCUT2D eigenvalue weighted by molar-refractivity contribution is -0.137. The highest BCUT2D eigenvalue weighted by Crippen LogP contribution is 2.30. The van der Waals surface area contributed by atoms with Crippen LogP contribution >= 0.6 is 11.8 Å². The number of nitrogens with one attached hydrogen (secondary N) is 1. The number of methoxy groups -OCH3 is 1. The SMILES string of the molecule is COc1ccccc1Cn1ccnc1SCC(=O)Nc1ccc(C(F)(F)F)cc1. The van der Waals surface area contributed by atoms with E-state index in [9.17, 15) is 18.0 Å². The number of hydrogen-bond acceptors (Lipinski definition) is 4. The minimum Gasteiger partial charge on any atom is -0.496 e. The number of alkyl halides is 3. The van der Waals surface area contributed by atoms with Crippen molar-refractivity contribution in [2.75, 3.05) is 18.2 Å². The maximum Gasteiger partial charge on any atom is 0.416 e. The first-order valence-electron chi connectivity index (χ1n) is 8.60. The Kier molecular flexibility index (Phi) is 6.48. The van der Waals surface area contributed by atoms with Crippen LogP contribution in [0, 0.1) is 0 Å². The number of carbonyl (C=O) groups is 1. The summed E-state index contributed by atoms with van der Waals surface area (Å²) in [5, 5.41) is 3.24. The second kappa shape index (κ2) is 9.04. The molecule has 1 aromatic heterocycles. The van der Waals surface area contributed by atoms with Gasteiger partial charge in [-0.3, -0.25) is 4.79 Å². The number of aromatic nitrogens is 2. The number of imidazole rings is 1. The van der Waals surface area contributed by atoms with Gasteiger partial charge in [0.25, 0.3) is 0 Å². The van der Waals surface area contributed by atoms with Crippen LogP contribution in [0.5, 0.6) is 5.75 Å². The Bertz CT molecular complexity index is 972. The first-order valence-corrected chi connectivity index (χ1v) is 9.58. The van der Waals surface area contributed by atoms with Gasteiger partial charge in [0.2, 0.25) is 5.91 Å². The average molecular weight is 421 g/mol. The van der Waals surface area contributed by atoms with Crippen LogP contribution in [0.1, 0.15) is 11.1 Å². The molecule has 2 aromatic carbocycles. The van der Waals surface area contributed by atoms with E-state index in [0.717, 1.165) is 23.4 Å². The largest absolute Gasteiger partial charge is 0.496 e. The fraction of sp³-hybridized carbons (Fsp3) is 0.200. The summed E-state index contributed by atoms with van der Waals surface area (Å²) in [7, 11) is 1.61. The van der Waals surface area contributed by atoms with E-state index in [-0.39, 0.29) is 11.7 Å². The molecule has 9 heteroatoms. The number of thioether (sulfide) groups is 1. The molecule has 1 N–H and O–H groups in total. The third kappa shape index (κ3) is 5.54. The summed E-state index contributed by atoms with van der Waals surface area (Å²) in [4.78, 5) is 16.4. The van der Waals surface area contributed by atoms with Gasteiger partial charge in [-0.1, -0.05) is 30.0 Å². The van der Waals surface area contributed by atoms with E-state index >= 15 is 0 Å². The zero-order chi connectivity index (χ0) is 20.9. The molecule has 0 atom stereocenters. The van der Waals surface area contributed by atoms with Gasteiger partial charge in [0.15, 0.2) is 5.16 Å². The number of rotatable bonds is 7. The van der Waals surface area contributed by atoms with Crippen molar-refractivity contribution >= 4 is 23.4 Å². The molecule has 0 aliphatic carbocycles. The summed E-state index contributed by atoms with van der Waals surface area (Å²) in [5.41, 5.74) is 0.522. The Hall–Kier alpha value is -2.94. The van der Waals surface area contributed by atoms with E-state index in [0.29, 0.717) is 17.4 Å². The summed E-state index contributed by atoms with van der Waals surface area (Å²) in [6.07, 6.45) is -0.953. The third-order valence-corrected chi connectivity index (χ3v) is 5.04. The third-order valence-electron chi connectivity index (χ3n) is 4.04. The summed E-state index contributed by atoms with van der Waals surface area (Å²) in [5.74, 6) is 0.503. The molecule has 0 aliphatic heterocycles. The van der Waals surface area contributed by atoms with Crippen LogP contribution in [0.25, 0.3) is 0 Å². The van der Waals surface area contributed by atoms with Gasteiger partial charge < -0.3 is 14.6 Å². The lowest BCUT2D eigenvalue weighted by atomic mass is 10.2. The van der Waals surface area contributed by atoms with Crippen molar-refractivity contribution in [1.82, 2.24) is 9.55 Å². The summed E-state index contributed by atoms with van der Waals surface area (Å²) in [6, 6.07) is 11.9. The van der Waals surface area contributed by atoms with E-state index in [2.05, 4.69) is 10.3 Å². The normalized spacial score (nSPS) is 11.3. The quantitative estimate of drug-likeness (QED) is 0.563. The summed E-state index contributed by atoms with van der Waals surface area (Å²) in [6.45, 7) is 0.535. The highest BCUT2D eigenvalue weighted by atomic mass is 32.2. The van der Waals surface area contributed by atoms with Crippen LogP contribution in [0.2, 0.25) is 0 Å². The Morgan fingerprint density at radius 2 is 1.90 bits per heavy atom. The van der Waals surface area contributed by atoms with Gasteiger partial charge in [0.05, 0.1) is 25.0 Å². The Balaban J connectivity index is 1.58. The molecule has 0 bridgehead atoms. The molecule has 1 amide bonds. The Morgan fingerprint density at radius 1 is 1.17 bits per heavy atom. The lowest BCUT2D eigenvalue weighted by Gasteiger charge is -2.11. The molecule has 152 valence electrons. The van der Waals surface area contributed by atoms with Crippen LogP contribution in [0.4, 0.5) is 18.9 Å². The number of para-hydroxylation sites is 1. The molecule has 0 unspecified atom stereocenters. The lowest BCUT2D eigenvalue weighted by Crippen LogP contribution is -2.15. The molecule has 0 aliphatic rings. The van der Waals surface area contributed by atoms with E-state index in [1.807, 2.05) is 35.0 Å². The topological polar surface area (TPSA) is 56.2 Å². The molecule has 0 spiro atoms. The van der Waals surface area contributed by atoms with E-state index < -0.39 is 11.7 Å². The molecular formula is C20H18F3N3O2S. The fourth-order valence-electron chi connectivity index (χ4n) is 2.64. The van der Waals surface area contributed by atoms with Gasteiger partial charge in [0, 0.05) is 23.6 Å². The minimum absolute atomic E-state index is 0.0734. The van der Waals surface area contributed by atoms with E-state index in [1.165, 1.54) is 23.9 Å². The molecule has 1 heterocycles. The maximum atomic E-state index is 12.6. The van der Waals surface area contributed by atoms with Gasteiger partial charge >= 0.3 is 6.18 Å². The van der Waals surface area contributed by atoms with Crippen LogP contribution < -0.4 is 10.1 Å². The van der Waals surface area contributed by atoms with Crippen LogP contribution in [-0.2, 0) is 17.5 Å². The Labute approximate surface area is 169 Å². The van der Waals surface area contributed by atoms with Crippen molar-refractivity contribution in [3.8, 4) is 5.75 Å². The monoisotopic (exact) mass is 421 g/mol. The van der Waals surface area contributed by atoms with Crippen molar-refractivity contribution in [2.45, 2.75) is 17.9 Å². The number of nitrogens with zero attached hydrogens (tertiary/aromatic N) is 2. The van der Waals surface area contributed by atoms with E-state index in [1.54, 1.807) is 13.3 Å². The standard InChI is InChI=1S/C20H18F3N3O2S/c1-28-17-5-3-2-4-14(17)12-26-11-10-24-19(26)29-13-18(27)25-16-8-6-15(7-9-16)20(21,22)23/h2-11H,12-13H2,1H3,(H,25,27). The average Bonchev–Trinajstić information content (AvgIpc) is 3.13. The van der Waals surface area contributed by atoms with Crippen LogP contribution in [0.3, 0.4) is 0 Å². The molecule has 0 radical (unpaired) electrons. The van der Waals surface area contributed by atoms with Crippen molar-refractivity contribution in [2.24, 2.45) is 0 Å². The fourth-order valence-corrected chi connectivity index (χ4v) is 3.40. The smallest absolute Gasteiger partial charge is 0.416 e. The molecule has 0 saturated carbocycles. The van der Waals surface area contributed by atoms with Crippen molar-refractivity contribution in [1.29, 1.82) is 0 Å². The predicted molar refractivity (Wildman–Crippen MR) is 105 cm³/mol. The number of hydrogen-bond donors (Lipinski definition) is 1. The van der Waals surface area contributed by atoms with Crippen LogP contribution in [0.15, 0.2) is 66.1 Å². The zero-order valence-electron chi connectivity index (χ0n) is 15.4. The number of anilines is 1. The molecule has 3 rings (SSSR count). The number of ether oxygens (including phenoxy) is 1. The number of benzene rings is 2. The second-order valence-electron chi connectivity index (χ2n) is 6.06. The van der Waals surface area contributed by atoms with Crippen LogP contribution in [-0.4, -0.2) is 28.3 Å². The molecule has 5 nitrogen and oxygen atoms in total. The first-order chi connectivity index (χ1) is 13.9. The highest BCUT2D eigenvalue weighted by Gasteiger charge is 2.30. The first kappa shape index (κ1) is 20.8. The molecule has 29 heavy (non-hydrogen) atoms. The number of halogens is 3. The molecule has 3 aromatic rings. The number of carbonyl (C=O) groups excluding carboxylic acids is 1.